The number of nitrogens with two attached hydrogens (primary N) is 1. The molecule has 25 heavy (non-hydrogen) atoms. The van der Waals surface area contributed by atoms with Crippen LogP contribution >= 0.6 is 12.4 Å². The summed E-state index contributed by atoms with van der Waals surface area (Å²) in [5.74, 6) is -0.565. The molecule has 132 valence electrons. The van der Waals surface area contributed by atoms with Gasteiger partial charge >= 0.3 is 0 Å². The number of para-hydroxylation sites is 1. The second-order valence-electron chi connectivity index (χ2n) is 5.65. The highest BCUT2D eigenvalue weighted by Crippen LogP contribution is 2.20. The number of amides is 1. The molecule has 0 bridgehead atoms. The van der Waals surface area contributed by atoms with Crippen LogP contribution in [-0.2, 0) is 19.6 Å². The number of hydrogen-bond acceptors (Lipinski definition) is 2. The van der Waals surface area contributed by atoms with E-state index in [2.05, 4.69) is 5.32 Å². The lowest BCUT2D eigenvalue weighted by Gasteiger charge is -2.10. The Labute approximate surface area is 152 Å². The lowest BCUT2D eigenvalue weighted by molar-refractivity contribution is 0.0942. The summed E-state index contributed by atoms with van der Waals surface area (Å²) in [6.45, 7) is 3.12. The zero-order chi connectivity index (χ0) is 17.1. The number of fused-ring (bicyclic) bond motifs is 1. The lowest BCUT2D eigenvalue weighted by Crippen LogP contribution is -2.25. The number of benzene rings is 2. The zero-order valence-electron chi connectivity index (χ0n) is 14.0. The molecule has 0 spiro atoms. The molecule has 0 aliphatic carbocycles. The van der Waals surface area contributed by atoms with E-state index >= 15 is 0 Å². The molecule has 0 aliphatic rings. The largest absolute Gasteiger partial charge is 0.347 e. The highest BCUT2D eigenvalue weighted by atomic mass is 35.5. The number of hydrogen-bond donors (Lipinski definition) is 2. The smallest absolute Gasteiger partial charge is 0.268 e. The van der Waals surface area contributed by atoms with Crippen molar-refractivity contribution in [2.75, 3.05) is 0 Å². The van der Waals surface area contributed by atoms with Crippen molar-refractivity contribution in [2.24, 2.45) is 5.73 Å². The summed E-state index contributed by atoms with van der Waals surface area (Å²) in [6.07, 6.45) is 0. The Hall–Kier alpha value is -2.37. The SMILES string of the molecule is CCn1c(C(=O)NCc2ccc(CN)cc2F)cc2ccccc21.Cl. The van der Waals surface area contributed by atoms with Crippen molar-refractivity contribution in [1.82, 2.24) is 9.88 Å². The van der Waals surface area contributed by atoms with Gasteiger partial charge in [-0.25, -0.2) is 4.39 Å². The van der Waals surface area contributed by atoms with Crippen LogP contribution in [0.1, 0.15) is 28.5 Å². The molecule has 1 heterocycles. The van der Waals surface area contributed by atoms with E-state index in [0.29, 0.717) is 24.3 Å². The first-order chi connectivity index (χ1) is 11.6. The van der Waals surface area contributed by atoms with Gasteiger partial charge in [0.2, 0.25) is 0 Å². The maximum Gasteiger partial charge on any atom is 0.268 e. The van der Waals surface area contributed by atoms with E-state index in [1.165, 1.54) is 6.07 Å². The molecule has 6 heteroatoms. The van der Waals surface area contributed by atoms with Gasteiger partial charge in [0.05, 0.1) is 0 Å². The summed E-state index contributed by atoms with van der Waals surface area (Å²) < 4.78 is 15.9. The van der Waals surface area contributed by atoms with Crippen LogP contribution in [-0.4, -0.2) is 10.5 Å². The van der Waals surface area contributed by atoms with E-state index in [-0.39, 0.29) is 30.7 Å². The number of carbonyl (C=O) groups is 1. The highest BCUT2D eigenvalue weighted by Gasteiger charge is 2.14. The van der Waals surface area contributed by atoms with E-state index in [1.54, 1.807) is 12.1 Å². The maximum atomic E-state index is 14.0. The Balaban J connectivity index is 0.00000225. The van der Waals surface area contributed by atoms with Crippen molar-refractivity contribution in [3.8, 4) is 0 Å². The Bertz CT molecular complexity index is 892. The average Bonchev–Trinajstić information content (AvgIpc) is 2.99. The van der Waals surface area contributed by atoms with Gasteiger partial charge in [-0.1, -0.05) is 30.3 Å². The number of nitrogens with zero attached hydrogens (tertiary/aromatic N) is 1. The molecule has 0 aliphatic heterocycles. The summed E-state index contributed by atoms with van der Waals surface area (Å²) in [5.41, 5.74) is 8.27. The minimum atomic E-state index is -0.353. The molecular formula is C19H21ClFN3O. The fourth-order valence-electron chi connectivity index (χ4n) is 2.87. The van der Waals surface area contributed by atoms with Gasteiger partial charge < -0.3 is 15.6 Å². The molecule has 2 aromatic carbocycles. The summed E-state index contributed by atoms with van der Waals surface area (Å²) in [4.78, 5) is 12.5. The van der Waals surface area contributed by atoms with Gasteiger partial charge in [-0.3, -0.25) is 4.79 Å². The van der Waals surface area contributed by atoms with Gasteiger partial charge in [0, 0.05) is 36.1 Å². The van der Waals surface area contributed by atoms with Crippen molar-refractivity contribution >= 4 is 29.2 Å². The highest BCUT2D eigenvalue weighted by molar-refractivity contribution is 5.98. The number of aromatic nitrogens is 1. The molecular weight excluding hydrogens is 341 g/mol. The first-order valence-corrected chi connectivity index (χ1v) is 7.98. The van der Waals surface area contributed by atoms with Gasteiger partial charge in [-0.15, -0.1) is 12.4 Å². The van der Waals surface area contributed by atoms with Crippen LogP contribution < -0.4 is 11.1 Å². The van der Waals surface area contributed by atoms with Crippen LogP contribution in [0.2, 0.25) is 0 Å². The molecule has 3 rings (SSSR count). The van der Waals surface area contributed by atoms with Gasteiger partial charge in [0.1, 0.15) is 11.5 Å². The van der Waals surface area contributed by atoms with Crippen molar-refractivity contribution < 1.29 is 9.18 Å². The average molecular weight is 362 g/mol. The van der Waals surface area contributed by atoms with Crippen molar-refractivity contribution in [3.05, 3.63) is 71.2 Å². The van der Waals surface area contributed by atoms with Crippen LogP contribution in [0.5, 0.6) is 0 Å². The van der Waals surface area contributed by atoms with E-state index in [9.17, 15) is 9.18 Å². The Morgan fingerprint density at radius 3 is 2.64 bits per heavy atom. The predicted molar refractivity (Wildman–Crippen MR) is 100 cm³/mol. The maximum absolute atomic E-state index is 14.0. The molecule has 3 aromatic rings. The standard InChI is InChI=1S/C19H20FN3O.ClH/c1-2-23-17-6-4-3-5-14(17)10-18(23)19(24)22-12-15-8-7-13(11-21)9-16(15)20;/h3-10H,2,11-12,21H2,1H3,(H,22,24);1H. The van der Waals surface area contributed by atoms with Crippen LogP contribution in [0.4, 0.5) is 4.39 Å². The third-order valence-electron chi connectivity index (χ3n) is 4.15. The Morgan fingerprint density at radius 1 is 1.20 bits per heavy atom. The Kier molecular flexibility index (Phi) is 6.17. The first-order valence-electron chi connectivity index (χ1n) is 7.98. The monoisotopic (exact) mass is 361 g/mol. The molecule has 0 fully saturated rings. The number of nitrogens with one attached hydrogen (secondary N) is 1. The minimum Gasteiger partial charge on any atom is -0.347 e. The second kappa shape index (κ2) is 8.14. The van der Waals surface area contributed by atoms with Crippen molar-refractivity contribution in [1.29, 1.82) is 0 Å². The number of aryl methyl sites for hydroxylation is 1. The van der Waals surface area contributed by atoms with Gasteiger partial charge in [0.25, 0.3) is 5.91 Å². The lowest BCUT2D eigenvalue weighted by atomic mass is 10.1. The number of halogens is 2. The van der Waals surface area contributed by atoms with Crippen LogP contribution in [0.25, 0.3) is 10.9 Å². The molecule has 4 nitrogen and oxygen atoms in total. The summed E-state index contributed by atoms with van der Waals surface area (Å²) in [7, 11) is 0. The van der Waals surface area contributed by atoms with Crippen LogP contribution in [0.15, 0.2) is 48.5 Å². The minimum absolute atomic E-state index is 0. The summed E-state index contributed by atoms with van der Waals surface area (Å²) in [5, 5.41) is 3.81. The van der Waals surface area contributed by atoms with Gasteiger partial charge in [-0.2, -0.15) is 0 Å². The summed E-state index contributed by atoms with van der Waals surface area (Å²) in [6, 6.07) is 14.6. The molecule has 3 N–H and O–H groups in total. The quantitative estimate of drug-likeness (QED) is 0.729. The Morgan fingerprint density at radius 2 is 1.96 bits per heavy atom. The van der Waals surface area contributed by atoms with Crippen LogP contribution in [0, 0.1) is 5.82 Å². The number of rotatable bonds is 5. The molecule has 0 radical (unpaired) electrons. The van der Waals surface area contributed by atoms with Crippen LogP contribution in [0.3, 0.4) is 0 Å². The predicted octanol–water partition coefficient (Wildman–Crippen LogP) is 3.61. The van der Waals surface area contributed by atoms with E-state index in [4.69, 9.17) is 5.73 Å². The third kappa shape index (κ3) is 3.83. The number of carbonyl (C=O) groups excluding carboxylic acids is 1. The van der Waals surface area contributed by atoms with Gasteiger partial charge in [0.15, 0.2) is 0 Å². The van der Waals surface area contributed by atoms with E-state index in [1.807, 2.05) is 41.8 Å². The summed E-state index contributed by atoms with van der Waals surface area (Å²) >= 11 is 0. The van der Waals surface area contributed by atoms with E-state index in [0.717, 1.165) is 16.5 Å². The molecule has 1 amide bonds. The zero-order valence-corrected chi connectivity index (χ0v) is 14.8. The normalized spacial score (nSPS) is 10.5. The molecule has 1 aromatic heterocycles. The fourth-order valence-corrected chi connectivity index (χ4v) is 2.87. The topological polar surface area (TPSA) is 60.0 Å². The third-order valence-corrected chi connectivity index (χ3v) is 4.15. The van der Waals surface area contributed by atoms with Crippen molar-refractivity contribution in [3.63, 3.8) is 0 Å². The fraction of sp³-hybridized carbons (Fsp3) is 0.211. The molecule has 0 atom stereocenters. The second-order valence-corrected chi connectivity index (χ2v) is 5.65. The van der Waals surface area contributed by atoms with Crippen molar-refractivity contribution in [2.45, 2.75) is 26.6 Å². The first kappa shape index (κ1) is 19.0. The van der Waals surface area contributed by atoms with E-state index < -0.39 is 0 Å². The van der Waals surface area contributed by atoms with Gasteiger partial charge in [-0.05, 0) is 30.7 Å². The molecule has 0 saturated heterocycles. The molecule has 0 saturated carbocycles. The molecule has 0 unspecified atom stereocenters.